The Labute approximate surface area is 136 Å². The van der Waals surface area contributed by atoms with Crippen LogP contribution in [0.3, 0.4) is 0 Å². The van der Waals surface area contributed by atoms with Crippen LogP contribution in [0.5, 0.6) is 5.75 Å². The van der Waals surface area contributed by atoms with Crippen LogP contribution in [0, 0.1) is 11.3 Å². The van der Waals surface area contributed by atoms with Gasteiger partial charge in [-0.15, -0.1) is 0 Å². The van der Waals surface area contributed by atoms with Gasteiger partial charge in [-0.3, -0.25) is 0 Å². The first-order valence-corrected chi connectivity index (χ1v) is 7.24. The van der Waals surface area contributed by atoms with Crippen molar-refractivity contribution in [2.24, 2.45) is 0 Å². The highest BCUT2D eigenvalue weighted by Crippen LogP contribution is 2.16. The summed E-state index contributed by atoms with van der Waals surface area (Å²) < 4.78 is 5.26. The number of nitrogens with zero attached hydrogens (tertiary/aromatic N) is 2. The van der Waals surface area contributed by atoms with Gasteiger partial charge in [-0.1, -0.05) is 30.3 Å². The molecule has 0 aliphatic carbocycles. The molecule has 0 saturated carbocycles. The predicted octanol–water partition coefficient (Wildman–Crippen LogP) is 2.91. The van der Waals surface area contributed by atoms with Crippen molar-refractivity contribution in [3.8, 4) is 11.8 Å². The summed E-state index contributed by atoms with van der Waals surface area (Å²) >= 11 is 0. The van der Waals surface area contributed by atoms with Gasteiger partial charge in [0.15, 0.2) is 0 Å². The fraction of sp³-hybridized carbons (Fsp3) is 0.222. The van der Waals surface area contributed by atoms with Gasteiger partial charge < -0.3 is 15.0 Å². The molecule has 2 aromatic rings. The van der Waals surface area contributed by atoms with Gasteiger partial charge in [0, 0.05) is 25.7 Å². The highest BCUT2D eigenvalue weighted by Gasteiger charge is 2.10. The smallest absolute Gasteiger partial charge is 0.317 e. The lowest BCUT2D eigenvalue weighted by molar-refractivity contribution is 0.206. The second-order valence-corrected chi connectivity index (χ2v) is 5.14. The minimum atomic E-state index is -0.182. The average molecular weight is 309 g/mol. The van der Waals surface area contributed by atoms with Crippen molar-refractivity contribution in [2.45, 2.75) is 13.1 Å². The highest BCUT2D eigenvalue weighted by atomic mass is 16.5. The van der Waals surface area contributed by atoms with Crippen molar-refractivity contribution < 1.29 is 9.53 Å². The van der Waals surface area contributed by atoms with Crippen LogP contribution in [0.1, 0.15) is 16.7 Å². The summed E-state index contributed by atoms with van der Waals surface area (Å²) in [6, 6.07) is 16.7. The molecule has 0 heterocycles. The van der Waals surface area contributed by atoms with Crippen LogP contribution in [-0.4, -0.2) is 25.1 Å². The maximum absolute atomic E-state index is 12.2. The summed E-state index contributed by atoms with van der Waals surface area (Å²) in [6.45, 7) is 0.832. The molecule has 23 heavy (non-hydrogen) atoms. The summed E-state index contributed by atoms with van der Waals surface area (Å²) in [7, 11) is 3.32. The summed E-state index contributed by atoms with van der Waals surface area (Å²) in [6.07, 6.45) is 0. The van der Waals surface area contributed by atoms with Crippen molar-refractivity contribution in [1.82, 2.24) is 10.2 Å². The fourth-order valence-corrected chi connectivity index (χ4v) is 2.24. The maximum Gasteiger partial charge on any atom is 0.317 e. The number of urea groups is 1. The topological polar surface area (TPSA) is 65.4 Å². The number of para-hydroxylation sites is 1. The lowest BCUT2D eigenvalue weighted by Crippen LogP contribution is -2.36. The molecule has 2 amide bonds. The van der Waals surface area contributed by atoms with Gasteiger partial charge in [-0.05, 0) is 23.8 Å². The predicted molar refractivity (Wildman–Crippen MR) is 87.9 cm³/mol. The number of nitriles is 1. The lowest BCUT2D eigenvalue weighted by atomic mass is 10.1. The number of amides is 2. The Balaban J connectivity index is 1.93. The highest BCUT2D eigenvalue weighted by molar-refractivity contribution is 5.74. The number of nitrogens with one attached hydrogen (secondary N) is 1. The number of carbonyl (C=O) groups is 1. The molecular formula is C18H19N3O2. The van der Waals surface area contributed by atoms with E-state index in [-0.39, 0.29) is 6.03 Å². The van der Waals surface area contributed by atoms with E-state index >= 15 is 0 Å². The van der Waals surface area contributed by atoms with Gasteiger partial charge in [-0.2, -0.15) is 5.26 Å². The molecule has 0 spiro atoms. The first-order chi connectivity index (χ1) is 11.1. The molecule has 2 rings (SSSR count). The van der Waals surface area contributed by atoms with Gasteiger partial charge in [0.1, 0.15) is 5.75 Å². The summed E-state index contributed by atoms with van der Waals surface area (Å²) in [5.74, 6) is 0.747. The molecule has 0 bridgehead atoms. The van der Waals surface area contributed by atoms with E-state index in [1.807, 2.05) is 36.4 Å². The number of hydrogen-bond donors (Lipinski definition) is 1. The third-order valence-electron chi connectivity index (χ3n) is 3.45. The summed E-state index contributed by atoms with van der Waals surface area (Å²) in [5, 5.41) is 11.8. The molecular weight excluding hydrogens is 290 g/mol. The summed E-state index contributed by atoms with van der Waals surface area (Å²) in [5.41, 5.74) is 2.42. The van der Waals surface area contributed by atoms with Crippen LogP contribution in [0.4, 0.5) is 4.79 Å². The first kappa shape index (κ1) is 16.4. The molecule has 118 valence electrons. The average Bonchev–Trinajstić information content (AvgIpc) is 2.59. The van der Waals surface area contributed by atoms with Gasteiger partial charge >= 0.3 is 6.03 Å². The zero-order valence-corrected chi connectivity index (χ0v) is 13.2. The molecule has 0 atom stereocenters. The summed E-state index contributed by atoms with van der Waals surface area (Å²) in [4.78, 5) is 13.8. The maximum atomic E-state index is 12.2. The largest absolute Gasteiger partial charge is 0.496 e. The normalized spacial score (nSPS) is 9.78. The molecule has 0 aliphatic heterocycles. The van der Waals surface area contributed by atoms with E-state index in [1.165, 1.54) is 0 Å². The van der Waals surface area contributed by atoms with E-state index in [0.29, 0.717) is 18.7 Å². The third kappa shape index (κ3) is 4.48. The second-order valence-electron chi connectivity index (χ2n) is 5.14. The SMILES string of the molecule is COc1ccccc1CNC(=O)N(C)Cc1cccc(C#N)c1. The Hall–Kier alpha value is -3.00. The Morgan fingerprint density at radius 2 is 2.04 bits per heavy atom. The number of carbonyl (C=O) groups excluding carboxylic acids is 1. The van der Waals surface area contributed by atoms with Crippen molar-refractivity contribution >= 4 is 6.03 Å². The van der Waals surface area contributed by atoms with Crippen molar-refractivity contribution in [3.05, 3.63) is 65.2 Å². The van der Waals surface area contributed by atoms with Crippen LogP contribution < -0.4 is 10.1 Å². The monoisotopic (exact) mass is 309 g/mol. The van der Waals surface area contributed by atoms with E-state index < -0.39 is 0 Å². The fourth-order valence-electron chi connectivity index (χ4n) is 2.24. The Morgan fingerprint density at radius 3 is 2.78 bits per heavy atom. The standard InChI is InChI=1S/C18H19N3O2/c1-21(13-15-7-5-6-14(10-15)11-19)18(22)20-12-16-8-3-4-9-17(16)23-2/h3-10H,12-13H2,1-2H3,(H,20,22). The van der Waals surface area contributed by atoms with Crippen LogP contribution in [0.2, 0.25) is 0 Å². The van der Waals surface area contributed by atoms with E-state index in [0.717, 1.165) is 16.9 Å². The van der Waals surface area contributed by atoms with Gasteiger partial charge in [-0.25, -0.2) is 4.79 Å². The van der Waals surface area contributed by atoms with E-state index in [9.17, 15) is 4.79 Å². The number of rotatable bonds is 5. The molecule has 0 unspecified atom stereocenters. The molecule has 0 saturated heterocycles. The van der Waals surface area contributed by atoms with Crippen LogP contribution in [0.15, 0.2) is 48.5 Å². The van der Waals surface area contributed by atoms with Crippen LogP contribution in [-0.2, 0) is 13.1 Å². The Bertz CT molecular complexity index is 722. The second kappa shape index (κ2) is 7.85. The molecule has 1 N–H and O–H groups in total. The molecule has 2 aromatic carbocycles. The molecule has 5 heteroatoms. The van der Waals surface area contributed by atoms with Gasteiger partial charge in [0.05, 0.1) is 18.7 Å². The van der Waals surface area contributed by atoms with Crippen molar-refractivity contribution in [3.63, 3.8) is 0 Å². The molecule has 0 aliphatic rings. The van der Waals surface area contributed by atoms with Crippen molar-refractivity contribution in [2.75, 3.05) is 14.2 Å². The quantitative estimate of drug-likeness (QED) is 0.923. The van der Waals surface area contributed by atoms with Gasteiger partial charge in [0.25, 0.3) is 0 Å². The third-order valence-corrected chi connectivity index (χ3v) is 3.45. The molecule has 5 nitrogen and oxygen atoms in total. The molecule has 0 radical (unpaired) electrons. The van der Waals surface area contributed by atoms with E-state index in [1.54, 1.807) is 31.2 Å². The number of methoxy groups -OCH3 is 1. The Kier molecular flexibility index (Phi) is 5.59. The molecule has 0 aromatic heterocycles. The van der Waals surface area contributed by atoms with Crippen LogP contribution >= 0.6 is 0 Å². The van der Waals surface area contributed by atoms with Crippen LogP contribution in [0.25, 0.3) is 0 Å². The zero-order valence-electron chi connectivity index (χ0n) is 13.2. The minimum absolute atomic E-state index is 0.182. The zero-order chi connectivity index (χ0) is 16.7. The number of hydrogen-bond acceptors (Lipinski definition) is 3. The Morgan fingerprint density at radius 1 is 1.26 bits per heavy atom. The lowest BCUT2D eigenvalue weighted by Gasteiger charge is -2.18. The van der Waals surface area contributed by atoms with E-state index in [4.69, 9.17) is 10.00 Å². The minimum Gasteiger partial charge on any atom is -0.496 e. The number of benzene rings is 2. The first-order valence-electron chi connectivity index (χ1n) is 7.24. The molecule has 0 fully saturated rings. The van der Waals surface area contributed by atoms with Crippen molar-refractivity contribution in [1.29, 1.82) is 5.26 Å². The van der Waals surface area contributed by atoms with Gasteiger partial charge in [0.2, 0.25) is 0 Å². The van der Waals surface area contributed by atoms with E-state index in [2.05, 4.69) is 11.4 Å². The number of ether oxygens (including phenoxy) is 1.